The van der Waals surface area contributed by atoms with E-state index in [-0.39, 0.29) is 0 Å². The number of rotatable bonds is 5. The lowest BCUT2D eigenvalue weighted by atomic mass is 9.81. The predicted molar refractivity (Wildman–Crippen MR) is 100 cm³/mol. The van der Waals surface area contributed by atoms with E-state index in [4.69, 9.17) is 0 Å². The number of hydrogen-bond acceptors (Lipinski definition) is 4. The molecule has 4 aliphatic heterocycles. The molecule has 24 heavy (non-hydrogen) atoms. The van der Waals surface area contributed by atoms with Gasteiger partial charge in [-0.25, -0.2) is 0 Å². The largest absolute Gasteiger partial charge is 0.309 e. The molecule has 1 spiro atoms. The highest BCUT2D eigenvalue weighted by Gasteiger charge is 2.49. The van der Waals surface area contributed by atoms with Crippen molar-refractivity contribution in [2.24, 2.45) is 0 Å². The molecule has 0 saturated carbocycles. The van der Waals surface area contributed by atoms with E-state index in [0.29, 0.717) is 11.1 Å². The van der Waals surface area contributed by atoms with E-state index in [0.717, 1.165) is 18.1 Å². The topological polar surface area (TPSA) is 21.8 Å². The van der Waals surface area contributed by atoms with E-state index in [2.05, 4.69) is 47.8 Å². The molecular weight excluding hydrogens is 296 g/mol. The van der Waals surface area contributed by atoms with Gasteiger partial charge in [0.05, 0.1) is 0 Å². The Balaban J connectivity index is 1.25. The molecule has 0 aliphatic carbocycles. The molecule has 4 heterocycles. The Morgan fingerprint density at radius 3 is 2.42 bits per heavy atom. The van der Waals surface area contributed by atoms with Crippen LogP contribution in [0.5, 0.6) is 0 Å². The first-order chi connectivity index (χ1) is 11.4. The first kappa shape index (κ1) is 17.3. The Labute approximate surface area is 148 Å². The van der Waals surface area contributed by atoms with E-state index in [9.17, 15) is 0 Å². The van der Waals surface area contributed by atoms with Gasteiger partial charge in [-0.2, -0.15) is 0 Å². The summed E-state index contributed by atoms with van der Waals surface area (Å²) in [5, 5.41) is 3.75. The second kappa shape index (κ2) is 6.22. The van der Waals surface area contributed by atoms with Gasteiger partial charge in [0, 0.05) is 55.4 Å². The number of piperazine rings is 1. The fourth-order valence-corrected chi connectivity index (χ4v) is 5.66. The second-order valence-corrected chi connectivity index (χ2v) is 9.87. The third kappa shape index (κ3) is 3.04. The van der Waals surface area contributed by atoms with Crippen LogP contribution >= 0.6 is 0 Å². The van der Waals surface area contributed by atoms with Crippen molar-refractivity contribution in [1.29, 1.82) is 0 Å². The fraction of sp³-hybridized carbons (Fsp3) is 1.00. The first-order valence-electron chi connectivity index (χ1n) is 10.3. The number of hydrogen-bond donors (Lipinski definition) is 1. The number of fused-ring (bicyclic) bond motifs is 2. The van der Waals surface area contributed by atoms with Gasteiger partial charge in [0.25, 0.3) is 0 Å². The Bertz CT molecular complexity index is 435. The van der Waals surface area contributed by atoms with E-state index < -0.39 is 0 Å². The molecule has 2 bridgehead atoms. The summed E-state index contributed by atoms with van der Waals surface area (Å²) >= 11 is 0. The van der Waals surface area contributed by atoms with Gasteiger partial charge < -0.3 is 5.32 Å². The third-order valence-corrected chi connectivity index (χ3v) is 7.85. The first-order valence-corrected chi connectivity index (χ1v) is 10.3. The summed E-state index contributed by atoms with van der Waals surface area (Å²) in [5.74, 6) is 0. The van der Waals surface area contributed by atoms with Gasteiger partial charge in [0.2, 0.25) is 0 Å². The average Bonchev–Trinajstić information content (AvgIpc) is 3.06. The zero-order valence-corrected chi connectivity index (χ0v) is 16.4. The zero-order chi connectivity index (χ0) is 16.9. The molecule has 4 rings (SSSR count). The summed E-state index contributed by atoms with van der Waals surface area (Å²) in [5.41, 5.74) is 0.842. The lowest BCUT2D eigenvalue weighted by molar-refractivity contribution is -0.0330. The van der Waals surface area contributed by atoms with Crippen molar-refractivity contribution < 1.29 is 0 Å². The van der Waals surface area contributed by atoms with Gasteiger partial charge in [-0.1, -0.05) is 0 Å². The minimum absolute atomic E-state index is 0.356. The molecule has 4 nitrogen and oxygen atoms in total. The molecule has 4 fully saturated rings. The summed E-state index contributed by atoms with van der Waals surface area (Å²) in [6.45, 7) is 13.8. The maximum absolute atomic E-state index is 3.75. The van der Waals surface area contributed by atoms with Crippen LogP contribution < -0.4 is 5.32 Å². The fourth-order valence-electron chi connectivity index (χ4n) is 5.66. The van der Waals surface area contributed by atoms with Gasteiger partial charge in [-0.05, 0) is 72.9 Å². The maximum Gasteiger partial charge on any atom is 0.0438 e. The van der Waals surface area contributed by atoms with Crippen LogP contribution in [0.3, 0.4) is 0 Å². The molecule has 138 valence electrons. The van der Waals surface area contributed by atoms with Crippen LogP contribution in [0.25, 0.3) is 0 Å². The molecule has 4 heteroatoms. The van der Waals surface area contributed by atoms with E-state index in [1.165, 1.54) is 71.2 Å². The van der Waals surface area contributed by atoms with Crippen LogP contribution in [0.1, 0.15) is 59.3 Å². The minimum Gasteiger partial charge on any atom is -0.309 e. The monoisotopic (exact) mass is 334 g/mol. The van der Waals surface area contributed by atoms with Crippen molar-refractivity contribution in [3.63, 3.8) is 0 Å². The maximum atomic E-state index is 3.75. The van der Waals surface area contributed by atoms with Gasteiger partial charge >= 0.3 is 0 Å². The molecule has 0 aromatic heterocycles. The van der Waals surface area contributed by atoms with Crippen LogP contribution in [0.15, 0.2) is 0 Å². The highest BCUT2D eigenvalue weighted by Crippen LogP contribution is 2.37. The molecule has 0 radical (unpaired) electrons. The Hall–Kier alpha value is -0.160. The van der Waals surface area contributed by atoms with Crippen molar-refractivity contribution >= 4 is 0 Å². The molecule has 0 aromatic carbocycles. The number of nitrogens with one attached hydrogen (secondary N) is 1. The summed E-state index contributed by atoms with van der Waals surface area (Å²) in [7, 11) is 2.34. The average molecular weight is 335 g/mol. The standard InChI is InChI=1S/C20H38N4/c1-16(23-12-17-6-7-18(13-23)22(17)4)8-10-19(2,3)24-14-20(15-24)9-5-11-21-20/h16-18,21H,5-15H2,1-4H3. The highest BCUT2D eigenvalue weighted by atomic mass is 15.3. The van der Waals surface area contributed by atoms with Gasteiger partial charge in [-0.15, -0.1) is 0 Å². The Kier molecular flexibility index (Phi) is 4.48. The van der Waals surface area contributed by atoms with Crippen molar-refractivity contribution in [3.8, 4) is 0 Å². The SMILES string of the molecule is CC(CCC(C)(C)N1CC2(CCCN2)C1)N1CC2CCC(C1)N2C. The van der Waals surface area contributed by atoms with Crippen LogP contribution in [-0.2, 0) is 0 Å². The summed E-state index contributed by atoms with van der Waals surface area (Å²) < 4.78 is 0. The molecular formula is C20H38N4. The van der Waals surface area contributed by atoms with Gasteiger partial charge in [0.15, 0.2) is 0 Å². The number of likely N-dealkylation sites (N-methyl/N-ethyl adjacent to an activating group) is 1. The highest BCUT2D eigenvalue weighted by molar-refractivity contribution is 5.09. The minimum atomic E-state index is 0.356. The normalized spacial score (nSPS) is 35.5. The molecule has 4 aliphatic rings. The van der Waals surface area contributed by atoms with Crippen LogP contribution in [0, 0.1) is 0 Å². The van der Waals surface area contributed by atoms with Crippen molar-refractivity contribution in [2.75, 3.05) is 39.8 Å². The lowest BCUT2D eigenvalue weighted by Crippen LogP contribution is -2.71. The molecule has 3 unspecified atom stereocenters. The summed E-state index contributed by atoms with van der Waals surface area (Å²) in [6, 6.07) is 2.38. The molecule has 0 amide bonds. The van der Waals surface area contributed by atoms with Gasteiger partial charge in [0.1, 0.15) is 0 Å². The molecule has 1 N–H and O–H groups in total. The quantitative estimate of drug-likeness (QED) is 0.831. The third-order valence-electron chi connectivity index (χ3n) is 7.85. The van der Waals surface area contributed by atoms with Crippen LogP contribution in [0.4, 0.5) is 0 Å². The van der Waals surface area contributed by atoms with Crippen molar-refractivity contribution in [2.45, 2.75) is 88.5 Å². The number of likely N-dealkylation sites (tertiary alicyclic amines) is 2. The smallest absolute Gasteiger partial charge is 0.0438 e. The van der Waals surface area contributed by atoms with Crippen molar-refractivity contribution in [3.05, 3.63) is 0 Å². The molecule has 0 aromatic rings. The Morgan fingerprint density at radius 2 is 1.83 bits per heavy atom. The summed E-state index contributed by atoms with van der Waals surface area (Å²) in [6.07, 6.45) is 8.26. The van der Waals surface area contributed by atoms with E-state index in [1.54, 1.807) is 0 Å². The predicted octanol–water partition coefficient (Wildman–Crippen LogP) is 2.15. The molecule has 4 saturated heterocycles. The van der Waals surface area contributed by atoms with Crippen LogP contribution in [-0.4, -0.2) is 83.7 Å². The van der Waals surface area contributed by atoms with Gasteiger partial charge in [-0.3, -0.25) is 14.7 Å². The zero-order valence-electron chi connectivity index (χ0n) is 16.4. The van der Waals surface area contributed by atoms with E-state index in [1.807, 2.05) is 0 Å². The number of nitrogens with zero attached hydrogens (tertiary/aromatic N) is 3. The van der Waals surface area contributed by atoms with Crippen molar-refractivity contribution in [1.82, 2.24) is 20.0 Å². The summed E-state index contributed by atoms with van der Waals surface area (Å²) in [4.78, 5) is 8.15. The molecule has 3 atom stereocenters. The van der Waals surface area contributed by atoms with E-state index >= 15 is 0 Å². The van der Waals surface area contributed by atoms with Crippen LogP contribution in [0.2, 0.25) is 0 Å². The second-order valence-electron chi connectivity index (χ2n) is 9.87. The lowest BCUT2D eigenvalue weighted by Gasteiger charge is -2.56. The Morgan fingerprint density at radius 1 is 1.17 bits per heavy atom.